The van der Waals surface area contributed by atoms with Crippen LogP contribution in [-0.2, 0) is 13.1 Å². The van der Waals surface area contributed by atoms with Gasteiger partial charge in [-0.2, -0.15) is 0 Å². The maximum atomic E-state index is 12.3. The summed E-state index contributed by atoms with van der Waals surface area (Å²) in [7, 11) is 0. The van der Waals surface area contributed by atoms with Gasteiger partial charge in [-0.3, -0.25) is 4.90 Å². The molecule has 28 heavy (non-hydrogen) atoms. The van der Waals surface area contributed by atoms with Crippen molar-refractivity contribution >= 4 is 11.0 Å². The topological polar surface area (TPSA) is 55.8 Å². The van der Waals surface area contributed by atoms with Gasteiger partial charge in [-0.15, -0.1) is 0 Å². The molecule has 1 aliphatic heterocycles. The minimum atomic E-state index is -0.361. The molecule has 140 valence electrons. The maximum absolute atomic E-state index is 12.3. The van der Waals surface area contributed by atoms with E-state index in [0.29, 0.717) is 25.4 Å². The van der Waals surface area contributed by atoms with Crippen molar-refractivity contribution in [3.05, 3.63) is 88.2 Å². The zero-order chi connectivity index (χ0) is 19.1. The fourth-order valence-electron chi connectivity index (χ4n) is 3.68. The van der Waals surface area contributed by atoms with Gasteiger partial charge in [0.25, 0.3) is 0 Å². The van der Waals surface area contributed by atoms with E-state index in [0.717, 1.165) is 33.6 Å². The fourth-order valence-corrected chi connectivity index (χ4v) is 3.68. The van der Waals surface area contributed by atoms with E-state index in [1.165, 1.54) is 5.56 Å². The highest BCUT2D eigenvalue weighted by Crippen LogP contribution is 2.36. The van der Waals surface area contributed by atoms with Crippen LogP contribution in [0.4, 0.5) is 0 Å². The second-order valence-electron chi connectivity index (χ2n) is 7.10. The van der Waals surface area contributed by atoms with E-state index in [1.54, 1.807) is 12.3 Å². The summed E-state index contributed by atoms with van der Waals surface area (Å²) in [5.74, 6) is 1.63. The van der Waals surface area contributed by atoms with Gasteiger partial charge in [0.15, 0.2) is 0 Å². The Hall–Kier alpha value is -3.31. The van der Waals surface area contributed by atoms with Crippen LogP contribution in [0.5, 0.6) is 5.75 Å². The molecule has 5 heteroatoms. The Morgan fingerprint density at radius 3 is 2.71 bits per heavy atom. The van der Waals surface area contributed by atoms with Gasteiger partial charge in [0.1, 0.15) is 23.8 Å². The van der Waals surface area contributed by atoms with Gasteiger partial charge < -0.3 is 13.6 Å². The van der Waals surface area contributed by atoms with E-state index in [4.69, 9.17) is 13.6 Å². The Morgan fingerprint density at radius 1 is 1.07 bits per heavy atom. The zero-order valence-corrected chi connectivity index (χ0v) is 15.5. The molecule has 0 aliphatic carbocycles. The molecule has 0 bridgehead atoms. The van der Waals surface area contributed by atoms with E-state index in [1.807, 2.05) is 55.5 Å². The number of hydrogen-bond donors (Lipinski definition) is 0. The Morgan fingerprint density at radius 2 is 1.93 bits per heavy atom. The lowest BCUT2D eigenvalue weighted by Gasteiger charge is -2.28. The lowest BCUT2D eigenvalue weighted by Crippen LogP contribution is -2.31. The smallest absolute Gasteiger partial charge is 0.336 e. The molecule has 2 aromatic carbocycles. The third-order valence-electron chi connectivity index (χ3n) is 5.08. The average molecular weight is 373 g/mol. The van der Waals surface area contributed by atoms with Gasteiger partial charge in [-0.05, 0) is 42.3 Å². The van der Waals surface area contributed by atoms with Crippen molar-refractivity contribution in [1.82, 2.24) is 4.90 Å². The molecule has 1 aliphatic rings. The number of nitrogens with zero attached hydrogens (tertiary/aromatic N) is 1. The number of ether oxygens (including phenoxy) is 1. The molecule has 0 radical (unpaired) electrons. The Balaban J connectivity index is 1.61. The van der Waals surface area contributed by atoms with Crippen molar-refractivity contribution in [2.24, 2.45) is 0 Å². The first-order valence-corrected chi connectivity index (χ1v) is 9.22. The van der Waals surface area contributed by atoms with Crippen molar-refractivity contribution in [2.75, 3.05) is 6.73 Å². The molecule has 0 spiro atoms. The van der Waals surface area contributed by atoms with Gasteiger partial charge in [0.05, 0.1) is 18.4 Å². The number of hydrogen-bond acceptors (Lipinski definition) is 5. The summed E-state index contributed by atoms with van der Waals surface area (Å²) in [6.07, 6.45) is 1.66. The largest absolute Gasteiger partial charge is 0.478 e. The summed E-state index contributed by atoms with van der Waals surface area (Å²) < 4.78 is 17.0. The van der Waals surface area contributed by atoms with Crippen LogP contribution in [0.3, 0.4) is 0 Å². The monoisotopic (exact) mass is 373 g/mol. The Kier molecular flexibility index (Phi) is 4.02. The van der Waals surface area contributed by atoms with Crippen LogP contribution in [0.1, 0.15) is 16.9 Å². The van der Waals surface area contributed by atoms with Crippen molar-refractivity contribution in [3.8, 4) is 16.9 Å². The Labute approximate surface area is 161 Å². The molecule has 0 atom stereocenters. The van der Waals surface area contributed by atoms with E-state index in [2.05, 4.69) is 4.90 Å². The number of aryl methyl sites for hydroxylation is 1. The summed E-state index contributed by atoms with van der Waals surface area (Å²) in [4.78, 5) is 14.4. The maximum Gasteiger partial charge on any atom is 0.336 e. The molecule has 3 heterocycles. The number of benzene rings is 2. The van der Waals surface area contributed by atoms with E-state index in [9.17, 15) is 4.79 Å². The minimum Gasteiger partial charge on any atom is -0.478 e. The first-order chi connectivity index (χ1) is 13.7. The van der Waals surface area contributed by atoms with Crippen LogP contribution in [0.15, 0.2) is 74.5 Å². The van der Waals surface area contributed by atoms with Gasteiger partial charge in [0.2, 0.25) is 0 Å². The molecule has 0 unspecified atom stereocenters. The van der Waals surface area contributed by atoms with Crippen LogP contribution in [0, 0.1) is 6.92 Å². The fraction of sp³-hybridized carbons (Fsp3) is 0.174. The second-order valence-corrected chi connectivity index (χ2v) is 7.10. The predicted octanol–water partition coefficient (Wildman–Crippen LogP) is 4.71. The normalized spacial score (nSPS) is 14.0. The van der Waals surface area contributed by atoms with E-state index in [-0.39, 0.29) is 5.63 Å². The van der Waals surface area contributed by atoms with Crippen LogP contribution < -0.4 is 10.4 Å². The third-order valence-corrected chi connectivity index (χ3v) is 5.08. The first kappa shape index (κ1) is 16.8. The standard InChI is InChI=1S/C23H19NO4/c1-15-4-6-16(7-5-15)19-11-22(25)28-23-18(19)8-9-21-20(23)13-24(14-27-21)12-17-3-2-10-26-17/h2-11H,12-14H2,1H3. The molecule has 0 amide bonds. The van der Waals surface area contributed by atoms with Gasteiger partial charge in [-0.25, -0.2) is 4.79 Å². The summed E-state index contributed by atoms with van der Waals surface area (Å²) in [6, 6.07) is 17.4. The van der Waals surface area contributed by atoms with Crippen molar-refractivity contribution < 1.29 is 13.6 Å². The highest BCUT2D eigenvalue weighted by atomic mass is 16.5. The summed E-state index contributed by atoms with van der Waals surface area (Å²) >= 11 is 0. The van der Waals surface area contributed by atoms with Crippen LogP contribution in [-0.4, -0.2) is 11.6 Å². The minimum absolute atomic E-state index is 0.361. The molecular formula is C23H19NO4. The van der Waals surface area contributed by atoms with Gasteiger partial charge in [-0.1, -0.05) is 29.8 Å². The van der Waals surface area contributed by atoms with Crippen LogP contribution >= 0.6 is 0 Å². The molecule has 0 N–H and O–H groups in total. The molecule has 0 fully saturated rings. The molecule has 0 saturated heterocycles. The number of fused-ring (bicyclic) bond motifs is 3. The van der Waals surface area contributed by atoms with E-state index >= 15 is 0 Å². The summed E-state index contributed by atoms with van der Waals surface area (Å²) in [6.45, 7) is 3.75. The highest BCUT2D eigenvalue weighted by Gasteiger charge is 2.23. The Bertz CT molecular complexity index is 1190. The van der Waals surface area contributed by atoms with Crippen molar-refractivity contribution in [2.45, 2.75) is 20.0 Å². The highest BCUT2D eigenvalue weighted by molar-refractivity contribution is 5.95. The molecular weight excluding hydrogens is 354 g/mol. The van der Waals surface area contributed by atoms with Crippen LogP contribution in [0.25, 0.3) is 22.1 Å². The third kappa shape index (κ3) is 3.00. The zero-order valence-electron chi connectivity index (χ0n) is 15.5. The van der Waals surface area contributed by atoms with Crippen LogP contribution in [0.2, 0.25) is 0 Å². The van der Waals surface area contributed by atoms with Gasteiger partial charge in [0, 0.05) is 18.0 Å². The summed E-state index contributed by atoms with van der Waals surface area (Å²) in [5.41, 5.74) is 4.16. The molecule has 4 aromatic rings. The molecule has 2 aromatic heterocycles. The predicted molar refractivity (Wildman–Crippen MR) is 106 cm³/mol. The molecule has 5 nitrogen and oxygen atoms in total. The SMILES string of the molecule is Cc1ccc(-c2cc(=O)oc3c4c(ccc23)OCN(Cc2ccco2)C4)cc1. The van der Waals surface area contributed by atoms with Gasteiger partial charge >= 0.3 is 5.63 Å². The molecule has 5 rings (SSSR count). The first-order valence-electron chi connectivity index (χ1n) is 9.22. The van der Waals surface area contributed by atoms with Crippen molar-refractivity contribution in [3.63, 3.8) is 0 Å². The van der Waals surface area contributed by atoms with Crippen molar-refractivity contribution in [1.29, 1.82) is 0 Å². The van der Waals surface area contributed by atoms with E-state index < -0.39 is 0 Å². The summed E-state index contributed by atoms with van der Waals surface area (Å²) in [5, 5.41) is 0.908. The number of rotatable bonds is 3. The second kappa shape index (κ2) is 6.69. The lowest BCUT2D eigenvalue weighted by molar-refractivity contribution is 0.0826. The number of furan rings is 1. The quantitative estimate of drug-likeness (QED) is 0.487. The molecule has 0 saturated carbocycles. The average Bonchev–Trinajstić information content (AvgIpc) is 3.21. The lowest BCUT2D eigenvalue weighted by atomic mass is 9.98.